The highest BCUT2D eigenvalue weighted by Gasteiger charge is 2.31. The number of para-hydroxylation sites is 1. The van der Waals surface area contributed by atoms with Crippen LogP contribution in [0.15, 0.2) is 30.3 Å². The second-order valence-electron chi connectivity index (χ2n) is 5.93. The van der Waals surface area contributed by atoms with Crippen molar-refractivity contribution in [2.45, 2.75) is 26.2 Å². The first-order valence-corrected chi connectivity index (χ1v) is 8.53. The molecule has 2 heterocycles. The smallest absolute Gasteiger partial charge is 0.359 e. The lowest BCUT2D eigenvalue weighted by molar-refractivity contribution is 0.0515. The van der Waals surface area contributed by atoms with Gasteiger partial charge in [-0.2, -0.15) is 5.10 Å². The number of piperidine rings is 1. The van der Waals surface area contributed by atoms with Gasteiger partial charge in [0.25, 0.3) is 5.91 Å². The number of nitrogens with zero attached hydrogens (tertiary/aromatic N) is 3. The third-order valence-electron chi connectivity index (χ3n) is 4.23. The average molecular weight is 342 g/mol. The molecule has 0 unspecified atom stereocenters. The fourth-order valence-corrected chi connectivity index (χ4v) is 3.13. The fraction of sp³-hybridized carbons (Fsp3) is 0.389. The largest absolute Gasteiger partial charge is 0.461 e. The van der Waals surface area contributed by atoms with Crippen LogP contribution in [0.1, 0.15) is 47.0 Å². The van der Waals surface area contributed by atoms with Crippen molar-refractivity contribution < 1.29 is 14.3 Å². The van der Waals surface area contributed by atoms with Gasteiger partial charge in [-0.25, -0.2) is 9.48 Å². The number of amides is 1. The van der Waals surface area contributed by atoms with Crippen molar-refractivity contribution in [1.82, 2.24) is 9.78 Å². The van der Waals surface area contributed by atoms with Crippen LogP contribution in [0.5, 0.6) is 0 Å². The number of anilines is 1. The fourth-order valence-electron chi connectivity index (χ4n) is 3.13. The lowest BCUT2D eigenvalue weighted by Crippen LogP contribution is -2.33. The molecule has 0 atom stereocenters. The van der Waals surface area contributed by atoms with Crippen LogP contribution >= 0.6 is 0 Å². The summed E-state index contributed by atoms with van der Waals surface area (Å²) in [7, 11) is 0. The number of rotatable bonds is 5. The molecule has 1 saturated heterocycles. The van der Waals surface area contributed by atoms with Gasteiger partial charge < -0.3 is 15.4 Å². The number of aromatic nitrogens is 2. The summed E-state index contributed by atoms with van der Waals surface area (Å²) >= 11 is 0. The van der Waals surface area contributed by atoms with Gasteiger partial charge in [-0.1, -0.05) is 18.2 Å². The zero-order chi connectivity index (χ0) is 17.8. The Morgan fingerprint density at radius 2 is 1.84 bits per heavy atom. The van der Waals surface area contributed by atoms with E-state index in [-0.39, 0.29) is 17.9 Å². The minimum Gasteiger partial charge on any atom is -0.461 e. The summed E-state index contributed by atoms with van der Waals surface area (Å²) in [5.74, 6) is -0.739. The van der Waals surface area contributed by atoms with E-state index in [1.165, 1.54) is 0 Å². The zero-order valence-electron chi connectivity index (χ0n) is 14.3. The first-order valence-electron chi connectivity index (χ1n) is 8.53. The van der Waals surface area contributed by atoms with E-state index in [1.807, 2.05) is 30.3 Å². The molecule has 2 N–H and O–H groups in total. The molecular weight excluding hydrogens is 320 g/mol. The maximum Gasteiger partial charge on any atom is 0.359 e. The van der Waals surface area contributed by atoms with Crippen molar-refractivity contribution in [3.63, 3.8) is 0 Å². The number of carbonyl (C=O) groups is 2. The molecule has 1 amide bonds. The Labute approximate surface area is 146 Å². The van der Waals surface area contributed by atoms with Gasteiger partial charge in [0.1, 0.15) is 11.4 Å². The number of carbonyl (C=O) groups excluding carboxylic acids is 2. The molecule has 1 fully saturated rings. The minimum atomic E-state index is -0.675. The summed E-state index contributed by atoms with van der Waals surface area (Å²) < 4.78 is 6.69. The minimum absolute atomic E-state index is 0.0289. The summed E-state index contributed by atoms with van der Waals surface area (Å²) in [6, 6.07) is 9.41. The Balaban J connectivity index is 2.20. The Hall–Kier alpha value is -2.83. The maximum absolute atomic E-state index is 12.3. The third kappa shape index (κ3) is 3.35. The summed E-state index contributed by atoms with van der Waals surface area (Å²) in [4.78, 5) is 26.6. The van der Waals surface area contributed by atoms with Crippen molar-refractivity contribution in [3.05, 3.63) is 41.6 Å². The lowest BCUT2D eigenvalue weighted by Gasteiger charge is -2.29. The second kappa shape index (κ2) is 7.38. The quantitative estimate of drug-likeness (QED) is 0.841. The molecule has 1 aromatic heterocycles. The first-order chi connectivity index (χ1) is 12.1. The topological polar surface area (TPSA) is 90.4 Å². The molecule has 0 aliphatic carbocycles. The first kappa shape index (κ1) is 17.0. The van der Waals surface area contributed by atoms with E-state index in [9.17, 15) is 9.59 Å². The molecule has 25 heavy (non-hydrogen) atoms. The van der Waals surface area contributed by atoms with Gasteiger partial charge in [0.05, 0.1) is 12.3 Å². The molecule has 3 rings (SSSR count). The molecule has 132 valence electrons. The van der Waals surface area contributed by atoms with Crippen LogP contribution in [0.4, 0.5) is 5.82 Å². The summed E-state index contributed by atoms with van der Waals surface area (Å²) in [5.41, 5.74) is 6.49. The van der Waals surface area contributed by atoms with E-state index in [0.29, 0.717) is 5.82 Å². The van der Waals surface area contributed by atoms with E-state index in [4.69, 9.17) is 10.5 Å². The third-order valence-corrected chi connectivity index (χ3v) is 4.23. The Kier molecular flexibility index (Phi) is 5.02. The van der Waals surface area contributed by atoms with Crippen molar-refractivity contribution in [1.29, 1.82) is 0 Å². The number of benzene rings is 1. The zero-order valence-corrected chi connectivity index (χ0v) is 14.3. The summed E-state index contributed by atoms with van der Waals surface area (Å²) in [5, 5.41) is 4.40. The number of primary amides is 1. The molecule has 7 heteroatoms. The van der Waals surface area contributed by atoms with Crippen LogP contribution in [0.25, 0.3) is 5.69 Å². The number of hydrogen-bond acceptors (Lipinski definition) is 5. The van der Waals surface area contributed by atoms with Gasteiger partial charge in [0.2, 0.25) is 0 Å². The van der Waals surface area contributed by atoms with Crippen LogP contribution in [0.2, 0.25) is 0 Å². The van der Waals surface area contributed by atoms with Crippen molar-refractivity contribution in [2.75, 3.05) is 24.6 Å². The lowest BCUT2D eigenvalue weighted by atomic mass is 10.1. The van der Waals surface area contributed by atoms with Crippen LogP contribution in [-0.4, -0.2) is 41.4 Å². The highest BCUT2D eigenvalue weighted by Crippen LogP contribution is 2.30. The molecule has 1 aliphatic heterocycles. The van der Waals surface area contributed by atoms with E-state index >= 15 is 0 Å². The Bertz CT molecular complexity index is 764. The average Bonchev–Trinajstić information content (AvgIpc) is 3.04. The van der Waals surface area contributed by atoms with Crippen molar-refractivity contribution in [2.24, 2.45) is 5.73 Å². The highest BCUT2D eigenvalue weighted by molar-refractivity contribution is 6.07. The van der Waals surface area contributed by atoms with E-state index in [0.717, 1.165) is 38.0 Å². The Morgan fingerprint density at radius 3 is 2.44 bits per heavy atom. The predicted molar refractivity (Wildman–Crippen MR) is 94.1 cm³/mol. The maximum atomic E-state index is 12.3. The highest BCUT2D eigenvalue weighted by atomic mass is 16.5. The Morgan fingerprint density at radius 1 is 1.16 bits per heavy atom. The molecule has 0 spiro atoms. The number of nitrogens with two attached hydrogens (primary N) is 1. The molecule has 2 aromatic rings. The van der Waals surface area contributed by atoms with E-state index < -0.39 is 11.9 Å². The molecule has 0 radical (unpaired) electrons. The molecule has 1 aliphatic rings. The SMILES string of the molecule is CCOC(=O)c1nn(-c2ccccc2)c(N2CCCCC2)c1C(N)=O. The van der Waals surface area contributed by atoms with Crippen LogP contribution in [-0.2, 0) is 4.74 Å². The van der Waals surface area contributed by atoms with Crippen molar-refractivity contribution >= 4 is 17.7 Å². The molecule has 0 bridgehead atoms. The van der Waals surface area contributed by atoms with Gasteiger partial charge in [-0.05, 0) is 38.3 Å². The number of esters is 1. The molecule has 7 nitrogen and oxygen atoms in total. The number of hydrogen-bond donors (Lipinski definition) is 1. The van der Waals surface area contributed by atoms with E-state index in [1.54, 1.807) is 11.6 Å². The number of ether oxygens (including phenoxy) is 1. The predicted octanol–water partition coefficient (Wildman–Crippen LogP) is 2.14. The van der Waals surface area contributed by atoms with Gasteiger partial charge in [-0.15, -0.1) is 0 Å². The van der Waals surface area contributed by atoms with E-state index in [2.05, 4.69) is 10.00 Å². The van der Waals surface area contributed by atoms with Crippen LogP contribution in [0.3, 0.4) is 0 Å². The monoisotopic (exact) mass is 342 g/mol. The van der Waals surface area contributed by atoms with Gasteiger partial charge in [-0.3, -0.25) is 4.79 Å². The summed E-state index contributed by atoms with van der Waals surface area (Å²) in [6.07, 6.45) is 3.19. The second-order valence-corrected chi connectivity index (χ2v) is 5.93. The summed E-state index contributed by atoms with van der Waals surface area (Å²) in [6.45, 7) is 3.50. The normalized spacial score (nSPS) is 14.4. The van der Waals surface area contributed by atoms with Gasteiger partial charge in [0.15, 0.2) is 5.69 Å². The van der Waals surface area contributed by atoms with Crippen LogP contribution in [0, 0.1) is 0 Å². The molecular formula is C18H22N4O3. The standard InChI is InChI=1S/C18H22N4O3/c1-2-25-18(24)15-14(16(19)23)17(21-11-7-4-8-12-21)22(20-15)13-9-5-3-6-10-13/h3,5-6,9-10H,2,4,7-8,11-12H2,1H3,(H2,19,23). The van der Waals surface area contributed by atoms with Crippen LogP contribution < -0.4 is 10.6 Å². The molecule has 0 saturated carbocycles. The van der Waals surface area contributed by atoms with Gasteiger partial charge in [0, 0.05) is 13.1 Å². The van der Waals surface area contributed by atoms with Gasteiger partial charge >= 0.3 is 5.97 Å². The molecule has 1 aromatic carbocycles. The van der Waals surface area contributed by atoms with Crippen molar-refractivity contribution in [3.8, 4) is 5.69 Å².